The van der Waals surface area contributed by atoms with E-state index in [9.17, 15) is 30.2 Å². The number of phosphoric ester groups is 1. The molecule has 17 heteroatoms. The van der Waals surface area contributed by atoms with Crippen LogP contribution in [0.2, 0.25) is 0 Å². The molecule has 2 aliphatic rings. The summed E-state index contributed by atoms with van der Waals surface area (Å²) < 4.78 is 49.1. The number of ether oxygens (including phenoxy) is 4. The van der Waals surface area contributed by atoms with Crippen LogP contribution >= 0.6 is 7.82 Å². The Labute approximate surface area is 353 Å². The number of benzene rings is 1. The number of nitriles is 2. The molecule has 0 spiro atoms. The minimum Gasteiger partial charge on any atom is -0.489 e. The third-order valence-corrected chi connectivity index (χ3v) is 12.1. The van der Waals surface area contributed by atoms with Gasteiger partial charge in [0.15, 0.2) is 17.5 Å². The summed E-state index contributed by atoms with van der Waals surface area (Å²) in [6, 6.07) is 11.7. The first-order valence-corrected chi connectivity index (χ1v) is 23.1. The fraction of sp³-hybridized carbons (Fsp3) is 0.674. The molecule has 0 bridgehead atoms. The van der Waals surface area contributed by atoms with Gasteiger partial charge in [-0.1, -0.05) is 103 Å². The van der Waals surface area contributed by atoms with E-state index >= 15 is 0 Å². The maximum atomic E-state index is 13.3. The Morgan fingerprint density at radius 2 is 1.57 bits per heavy atom. The number of phosphoric acid groups is 1. The number of hydrogen-bond donors (Lipinski definition) is 4. The number of hydrogen-bond acceptors (Lipinski definition) is 14. The van der Waals surface area contributed by atoms with Gasteiger partial charge in [0.05, 0.1) is 30.6 Å². The SMILES string of the molecule is CCCCCCCCCCCCCCCCCCOC[C@H](COP(=O)(O)OC1[C@@]2(C#N)O[C@@H](c3ccc4c(N)ncnn34)[C@H](O)[C@@]12O)Oc1ccc(C#N)c(OC(C)C)c1. The van der Waals surface area contributed by atoms with Crippen LogP contribution < -0.4 is 15.2 Å². The number of aromatic nitrogens is 3. The van der Waals surface area contributed by atoms with Crippen molar-refractivity contribution in [2.75, 3.05) is 25.6 Å². The Morgan fingerprint density at radius 1 is 0.933 bits per heavy atom. The number of unbranched alkanes of at least 4 members (excludes halogenated alkanes) is 15. The highest BCUT2D eigenvalue weighted by molar-refractivity contribution is 7.47. The molecular formula is C43H63N6O10P. The summed E-state index contributed by atoms with van der Waals surface area (Å²) in [5.41, 5.74) is 2.35. The second-order valence-corrected chi connectivity index (χ2v) is 17.6. The van der Waals surface area contributed by atoms with Crippen molar-refractivity contribution in [3.63, 3.8) is 0 Å². The Kier molecular flexibility index (Phi) is 17.6. The van der Waals surface area contributed by atoms with Gasteiger partial charge in [0.1, 0.15) is 53.8 Å². The molecule has 16 nitrogen and oxygen atoms in total. The molecule has 0 radical (unpaired) electrons. The Balaban J connectivity index is 1.09. The number of rotatable bonds is 29. The first kappa shape index (κ1) is 47.2. The van der Waals surface area contributed by atoms with Gasteiger partial charge in [-0.3, -0.25) is 9.05 Å². The third-order valence-electron chi connectivity index (χ3n) is 11.1. The van der Waals surface area contributed by atoms with Crippen LogP contribution in [0.3, 0.4) is 0 Å². The van der Waals surface area contributed by atoms with Gasteiger partial charge in [-0.25, -0.2) is 14.1 Å². The lowest BCUT2D eigenvalue weighted by atomic mass is 10.0. The summed E-state index contributed by atoms with van der Waals surface area (Å²) in [6.45, 7) is 5.83. The van der Waals surface area contributed by atoms with Crippen LogP contribution in [-0.2, 0) is 23.1 Å². The van der Waals surface area contributed by atoms with Crippen molar-refractivity contribution < 1.29 is 47.7 Å². The van der Waals surface area contributed by atoms with Crippen molar-refractivity contribution in [2.24, 2.45) is 0 Å². The van der Waals surface area contributed by atoms with Gasteiger partial charge in [0.25, 0.3) is 0 Å². The van der Waals surface area contributed by atoms with Gasteiger partial charge >= 0.3 is 7.82 Å². The van der Waals surface area contributed by atoms with E-state index in [0.717, 1.165) is 19.3 Å². The third kappa shape index (κ3) is 11.7. The maximum Gasteiger partial charge on any atom is 0.472 e. The molecular weight excluding hydrogens is 791 g/mol. The molecule has 5 N–H and O–H groups in total. The molecule has 2 unspecified atom stereocenters. The largest absolute Gasteiger partial charge is 0.489 e. The van der Waals surface area contributed by atoms with E-state index in [-0.39, 0.29) is 24.2 Å². The summed E-state index contributed by atoms with van der Waals surface area (Å²) in [4.78, 5) is 14.8. The average Bonchev–Trinajstić information content (AvgIpc) is 3.44. The number of aliphatic hydroxyl groups is 2. The number of fused-ring (bicyclic) bond motifs is 2. The lowest BCUT2D eigenvalue weighted by Crippen LogP contribution is -2.35. The van der Waals surface area contributed by atoms with Crippen molar-refractivity contribution in [3.05, 3.63) is 47.9 Å². The number of nitrogen functional groups attached to an aromatic ring is 1. The van der Waals surface area contributed by atoms with Gasteiger partial charge in [0, 0.05) is 12.7 Å². The van der Waals surface area contributed by atoms with Crippen LogP contribution in [0, 0.1) is 22.7 Å². The van der Waals surface area contributed by atoms with Gasteiger partial charge in [-0.05, 0) is 44.5 Å². The zero-order valence-electron chi connectivity index (χ0n) is 35.2. The first-order chi connectivity index (χ1) is 28.9. The van der Waals surface area contributed by atoms with E-state index in [0.29, 0.717) is 29.2 Å². The van der Waals surface area contributed by atoms with Gasteiger partial charge in [-0.2, -0.15) is 15.6 Å². The second kappa shape index (κ2) is 22.3. The fourth-order valence-corrected chi connectivity index (χ4v) is 8.82. The molecule has 1 aliphatic heterocycles. The fourth-order valence-electron chi connectivity index (χ4n) is 7.82. The van der Waals surface area contributed by atoms with Crippen LogP contribution in [0.1, 0.15) is 141 Å². The highest BCUT2D eigenvalue weighted by atomic mass is 31.2. The van der Waals surface area contributed by atoms with Crippen LogP contribution in [0.4, 0.5) is 5.82 Å². The van der Waals surface area contributed by atoms with Gasteiger partial charge < -0.3 is 39.8 Å². The maximum absolute atomic E-state index is 13.3. The van der Waals surface area contributed by atoms with Gasteiger partial charge in [-0.15, -0.1) is 0 Å². The minimum absolute atomic E-state index is 0.0164. The average molecular weight is 855 g/mol. The summed E-state index contributed by atoms with van der Waals surface area (Å²) in [7, 11) is -5.02. The molecule has 3 aromatic rings. The number of nitrogens with zero attached hydrogens (tertiary/aromatic N) is 5. The number of nitrogens with two attached hydrogens (primary N) is 1. The smallest absolute Gasteiger partial charge is 0.472 e. The first-order valence-electron chi connectivity index (χ1n) is 21.6. The van der Waals surface area contributed by atoms with E-state index in [1.165, 1.54) is 94.3 Å². The molecule has 0 amide bonds. The summed E-state index contributed by atoms with van der Waals surface area (Å²) in [5.74, 6) is 0.782. The zero-order valence-corrected chi connectivity index (χ0v) is 36.1. The molecule has 2 fully saturated rings. The van der Waals surface area contributed by atoms with Crippen LogP contribution in [0.25, 0.3) is 5.52 Å². The van der Waals surface area contributed by atoms with E-state index in [4.69, 9.17) is 33.7 Å². The Hall–Kier alpha value is -3.83. The molecule has 60 heavy (non-hydrogen) atoms. The molecule has 1 aliphatic carbocycles. The predicted molar refractivity (Wildman–Crippen MR) is 223 cm³/mol. The lowest BCUT2D eigenvalue weighted by molar-refractivity contribution is -0.0761. The Morgan fingerprint density at radius 3 is 2.15 bits per heavy atom. The molecule has 1 aromatic carbocycles. The normalized spacial score (nSPS) is 23.5. The standard InChI is InChI=1S/C43H63N6O10P/c1-4-5-6-7-8-9-10-11-12-13-14-15-16-17-18-19-24-54-27-34(57-33-21-20-32(26-44)37(25-33)56-31(2)3)28-55-60(52,53)59-41-42(29-45)43(41,51)39(50)38(58-42)35-22-23-36-40(46)47-30-48-49(35)36/h20-23,25,30-31,34,38-39,41,50-51H,4-19,24,27-28H2,1-3H3,(H,52,53)(H2,46,47,48)/t34-,38+,39+,41?,42-,43-/m1/s1. The highest BCUT2D eigenvalue weighted by Gasteiger charge is 2.90. The zero-order chi connectivity index (χ0) is 43.2. The summed E-state index contributed by atoms with van der Waals surface area (Å²) in [6.07, 6.45) is 15.4. The van der Waals surface area contributed by atoms with Gasteiger partial charge in [0.2, 0.25) is 5.60 Å². The van der Waals surface area contributed by atoms with Crippen molar-refractivity contribution in [1.29, 1.82) is 10.5 Å². The van der Waals surface area contributed by atoms with E-state index in [2.05, 4.69) is 23.1 Å². The minimum atomic E-state index is -5.02. The van der Waals surface area contributed by atoms with E-state index < -0.39 is 50.0 Å². The van der Waals surface area contributed by atoms with Crippen LogP contribution in [-0.4, -0.2) is 85.1 Å². The Bertz CT molecular complexity index is 1950. The molecule has 330 valence electrons. The summed E-state index contributed by atoms with van der Waals surface area (Å²) >= 11 is 0. The second-order valence-electron chi connectivity index (χ2n) is 16.2. The van der Waals surface area contributed by atoms with E-state index in [1.54, 1.807) is 30.3 Å². The molecule has 5 rings (SSSR count). The monoisotopic (exact) mass is 854 g/mol. The van der Waals surface area contributed by atoms with Crippen LogP contribution in [0.5, 0.6) is 11.5 Å². The number of anilines is 1. The molecule has 1 saturated heterocycles. The summed E-state index contributed by atoms with van der Waals surface area (Å²) in [5, 5.41) is 46.5. The van der Waals surface area contributed by atoms with Crippen molar-refractivity contribution in [2.45, 2.75) is 165 Å². The quantitative estimate of drug-likeness (QED) is 0.0388. The molecule has 7 atom stereocenters. The predicted octanol–water partition coefficient (Wildman–Crippen LogP) is 7.64. The molecule has 3 heterocycles. The van der Waals surface area contributed by atoms with Crippen molar-refractivity contribution in [1.82, 2.24) is 14.6 Å². The highest BCUT2D eigenvalue weighted by Crippen LogP contribution is 2.68. The lowest BCUT2D eigenvalue weighted by Gasteiger charge is -2.24. The molecule has 1 saturated carbocycles. The van der Waals surface area contributed by atoms with Crippen molar-refractivity contribution >= 4 is 19.2 Å². The molecule has 2 aromatic heterocycles. The van der Waals surface area contributed by atoms with Crippen molar-refractivity contribution in [3.8, 4) is 23.6 Å². The van der Waals surface area contributed by atoms with Crippen LogP contribution in [0.15, 0.2) is 36.7 Å². The number of aliphatic hydroxyl groups excluding tert-OH is 1. The van der Waals surface area contributed by atoms with E-state index in [1.807, 2.05) is 19.9 Å². The topological polar surface area (TPSA) is 237 Å².